The molecule has 5 aromatic carbocycles. The van der Waals surface area contributed by atoms with Gasteiger partial charge in [-0.15, -0.1) is 0 Å². The van der Waals surface area contributed by atoms with E-state index in [4.69, 9.17) is 142 Å². The highest BCUT2D eigenvalue weighted by Crippen LogP contribution is 2.31. The highest BCUT2D eigenvalue weighted by molar-refractivity contribution is 6.43. The zero-order valence-corrected chi connectivity index (χ0v) is 29.7. The predicted molar refractivity (Wildman–Crippen MR) is 191 cm³/mol. The van der Waals surface area contributed by atoms with Gasteiger partial charge in [0.25, 0.3) is 0 Å². The largest absolute Gasteiger partial charge is 0.508 e. The Morgan fingerprint density at radius 1 is 0.333 bits per heavy atom. The molecule has 240 valence electrons. The van der Waals surface area contributed by atoms with E-state index in [1.807, 2.05) is 0 Å². The molecule has 0 aromatic heterocycles. The van der Waals surface area contributed by atoms with Crippen molar-refractivity contribution in [3.05, 3.63) is 141 Å². The van der Waals surface area contributed by atoms with E-state index in [-0.39, 0.29) is 48.8 Å². The fourth-order valence-corrected chi connectivity index (χ4v) is 4.39. The Labute approximate surface area is 309 Å². The highest BCUT2D eigenvalue weighted by atomic mass is 35.5. The molecule has 45 heavy (non-hydrogen) atoms. The van der Waals surface area contributed by atoms with Gasteiger partial charge in [0.15, 0.2) is 5.75 Å². The van der Waals surface area contributed by atoms with Crippen molar-refractivity contribution < 1.29 is 25.5 Å². The molecule has 0 fully saturated rings. The maximum atomic E-state index is 8.94. The first kappa shape index (κ1) is 41.0. The van der Waals surface area contributed by atoms with Crippen LogP contribution in [0.15, 0.2) is 91.0 Å². The molecule has 5 nitrogen and oxygen atoms in total. The van der Waals surface area contributed by atoms with Crippen molar-refractivity contribution in [2.24, 2.45) is 0 Å². The van der Waals surface area contributed by atoms with Crippen LogP contribution in [-0.4, -0.2) is 25.5 Å². The summed E-state index contributed by atoms with van der Waals surface area (Å²) in [7, 11) is 0. The van der Waals surface area contributed by atoms with Crippen molar-refractivity contribution in [3.63, 3.8) is 0 Å². The second kappa shape index (κ2) is 21.0. The zero-order valence-electron chi connectivity index (χ0n) is 22.2. The van der Waals surface area contributed by atoms with Crippen LogP contribution in [0.3, 0.4) is 0 Å². The van der Waals surface area contributed by atoms with Crippen LogP contribution < -0.4 is 0 Å². The first-order valence-electron chi connectivity index (χ1n) is 11.7. The molecule has 5 N–H and O–H groups in total. The summed E-state index contributed by atoms with van der Waals surface area (Å²) in [4.78, 5) is 0. The third-order valence-corrected chi connectivity index (χ3v) is 7.48. The average molecular weight is 815 g/mol. The van der Waals surface area contributed by atoms with Gasteiger partial charge in [-0.2, -0.15) is 0 Å². The summed E-state index contributed by atoms with van der Waals surface area (Å²) in [5.41, 5.74) is 0. The molecule has 0 saturated carbocycles. The highest BCUT2D eigenvalue weighted by Gasteiger charge is 2.01. The Bertz CT molecular complexity index is 1500. The second-order valence-corrected chi connectivity index (χ2v) is 12.1. The molecule has 0 unspecified atom stereocenters. The summed E-state index contributed by atoms with van der Waals surface area (Å²) >= 11 is 55.0. The summed E-state index contributed by atoms with van der Waals surface area (Å²) in [6.45, 7) is 0. The number of para-hydroxylation sites is 1. The minimum Gasteiger partial charge on any atom is -0.508 e. The standard InChI is InChI=1S/5C6H4Cl2O/c7-4-1-5(8)3-6(9)2-4;7-4-1-2-6(9)5(8)3-4;7-4-1-2-5(8)6(9)3-4;7-4-2-1-3-5(9)6(4)8;7-4-2-1-3-5(8)6(4)9/h5*1-3,9H. The topological polar surface area (TPSA) is 101 Å². The Balaban J connectivity index is 0.000000281. The number of phenolic OH excluding ortho intramolecular Hbond substituents is 5. The maximum Gasteiger partial charge on any atom is 0.152 e. The van der Waals surface area contributed by atoms with Crippen molar-refractivity contribution >= 4 is 116 Å². The molecule has 0 saturated heterocycles. The van der Waals surface area contributed by atoms with Crippen molar-refractivity contribution in [2.45, 2.75) is 0 Å². The Morgan fingerprint density at radius 2 is 0.822 bits per heavy atom. The van der Waals surface area contributed by atoms with Crippen LogP contribution in [0.5, 0.6) is 28.7 Å². The van der Waals surface area contributed by atoms with Crippen molar-refractivity contribution in [3.8, 4) is 28.7 Å². The van der Waals surface area contributed by atoms with Gasteiger partial charge < -0.3 is 25.5 Å². The maximum absolute atomic E-state index is 8.94. The van der Waals surface area contributed by atoms with Gasteiger partial charge in [0.1, 0.15) is 28.0 Å². The van der Waals surface area contributed by atoms with Gasteiger partial charge in [-0.05, 0) is 72.8 Å². The van der Waals surface area contributed by atoms with E-state index in [0.29, 0.717) is 30.1 Å². The normalized spacial score (nSPS) is 9.56. The van der Waals surface area contributed by atoms with Crippen molar-refractivity contribution in [1.29, 1.82) is 0 Å². The van der Waals surface area contributed by atoms with Gasteiger partial charge in [0.2, 0.25) is 0 Å². The number of hydrogen-bond acceptors (Lipinski definition) is 5. The number of hydrogen-bond donors (Lipinski definition) is 5. The van der Waals surface area contributed by atoms with E-state index >= 15 is 0 Å². The fourth-order valence-electron chi connectivity index (χ4n) is 2.49. The summed E-state index contributed by atoms with van der Waals surface area (Å²) in [5, 5.41) is 48.0. The van der Waals surface area contributed by atoms with Crippen LogP contribution in [0, 0.1) is 0 Å². The Hall–Kier alpha value is -2.00. The quantitative estimate of drug-likeness (QED) is 0.107. The summed E-state index contributed by atoms with van der Waals surface area (Å²) in [5.74, 6) is 0.128. The molecule has 0 aliphatic rings. The van der Waals surface area contributed by atoms with Crippen LogP contribution in [0.1, 0.15) is 0 Å². The van der Waals surface area contributed by atoms with Crippen LogP contribution in [-0.2, 0) is 0 Å². The smallest absolute Gasteiger partial charge is 0.152 e. The lowest BCUT2D eigenvalue weighted by molar-refractivity contribution is 0.475. The number of halogens is 10. The SMILES string of the molecule is Oc1c(Cl)cccc1Cl.Oc1cc(Cl)cc(Cl)c1.Oc1cc(Cl)ccc1Cl.Oc1ccc(Cl)cc1Cl.Oc1cccc(Cl)c1Cl. The van der Waals surface area contributed by atoms with Gasteiger partial charge >= 0.3 is 0 Å². The predicted octanol–water partition coefficient (Wildman–Crippen LogP) is 13.5. The minimum absolute atomic E-state index is 0.0177. The molecular formula is C30H20Cl10O5. The lowest BCUT2D eigenvalue weighted by Crippen LogP contribution is -1.67. The van der Waals surface area contributed by atoms with Crippen molar-refractivity contribution in [2.75, 3.05) is 0 Å². The van der Waals surface area contributed by atoms with Gasteiger partial charge in [0, 0.05) is 26.2 Å². The molecular weight excluding hydrogens is 795 g/mol. The van der Waals surface area contributed by atoms with E-state index in [9.17, 15) is 0 Å². The van der Waals surface area contributed by atoms with Crippen LogP contribution >= 0.6 is 116 Å². The summed E-state index contributed by atoms with van der Waals surface area (Å²) in [6.07, 6.45) is 0. The molecule has 0 amide bonds. The van der Waals surface area contributed by atoms with E-state index in [0.717, 1.165) is 0 Å². The van der Waals surface area contributed by atoms with E-state index in [2.05, 4.69) is 0 Å². The van der Waals surface area contributed by atoms with Gasteiger partial charge in [0.05, 0.1) is 25.1 Å². The Morgan fingerprint density at radius 3 is 1.22 bits per heavy atom. The first-order valence-corrected chi connectivity index (χ1v) is 15.5. The van der Waals surface area contributed by atoms with E-state index in [1.165, 1.54) is 36.4 Å². The number of rotatable bonds is 0. The first-order chi connectivity index (χ1) is 21.0. The number of aromatic hydroxyl groups is 5. The summed E-state index contributed by atoms with van der Waals surface area (Å²) < 4.78 is 0. The van der Waals surface area contributed by atoms with Crippen molar-refractivity contribution in [1.82, 2.24) is 0 Å². The molecule has 0 atom stereocenters. The van der Waals surface area contributed by atoms with E-state index in [1.54, 1.807) is 54.6 Å². The van der Waals surface area contributed by atoms with Gasteiger partial charge in [-0.25, -0.2) is 0 Å². The third kappa shape index (κ3) is 16.4. The molecule has 5 aromatic rings. The lowest BCUT2D eigenvalue weighted by atomic mass is 10.3. The number of phenols is 5. The molecule has 0 radical (unpaired) electrons. The van der Waals surface area contributed by atoms with Crippen LogP contribution in [0.4, 0.5) is 0 Å². The molecule has 0 bridgehead atoms. The lowest BCUT2D eigenvalue weighted by Gasteiger charge is -1.95. The molecule has 0 spiro atoms. The fraction of sp³-hybridized carbons (Fsp3) is 0. The second-order valence-electron chi connectivity index (χ2n) is 7.96. The Kier molecular flexibility index (Phi) is 19.1. The molecule has 0 heterocycles. The third-order valence-electron chi connectivity index (χ3n) is 4.53. The molecule has 0 aliphatic heterocycles. The van der Waals surface area contributed by atoms with Crippen LogP contribution in [0.2, 0.25) is 50.2 Å². The van der Waals surface area contributed by atoms with Gasteiger partial charge in [-0.1, -0.05) is 128 Å². The summed E-state index contributed by atoms with van der Waals surface area (Å²) in [6, 6.07) is 23.0. The molecule has 0 aliphatic carbocycles. The zero-order chi connectivity index (χ0) is 34.3. The molecule has 15 heteroatoms. The van der Waals surface area contributed by atoms with Gasteiger partial charge in [-0.3, -0.25) is 0 Å². The average Bonchev–Trinajstić information content (AvgIpc) is 2.95. The number of benzene rings is 5. The van der Waals surface area contributed by atoms with E-state index < -0.39 is 0 Å². The monoisotopic (exact) mass is 810 g/mol. The molecule has 5 rings (SSSR count). The van der Waals surface area contributed by atoms with Crippen LogP contribution in [0.25, 0.3) is 0 Å². The minimum atomic E-state index is -0.0548.